The van der Waals surface area contributed by atoms with Crippen molar-refractivity contribution in [3.05, 3.63) is 35.4 Å². The molecule has 0 unspecified atom stereocenters. The van der Waals surface area contributed by atoms with E-state index >= 15 is 0 Å². The molecule has 1 aromatic carbocycles. The molecule has 25 heavy (non-hydrogen) atoms. The number of carbonyl (C=O) groups is 1. The van der Waals surface area contributed by atoms with Gasteiger partial charge in [0.2, 0.25) is 0 Å². The Bertz CT molecular complexity index is 605. The van der Waals surface area contributed by atoms with E-state index in [-0.39, 0.29) is 18.0 Å². The zero-order valence-corrected chi connectivity index (χ0v) is 14.1. The average Bonchev–Trinajstić information content (AvgIpc) is 2.99. The van der Waals surface area contributed by atoms with Crippen LogP contribution in [0.3, 0.4) is 0 Å². The summed E-state index contributed by atoms with van der Waals surface area (Å²) < 4.78 is 37.2. The van der Waals surface area contributed by atoms with E-state index in [1.165, 1.54) is 16.0 Å². The number of hydrogen-bond donors (Lipinski definition) is 2. The lowest BCUT2D eigenvalue weighted by Crippen LogP contribution is -2.41. The highest BCUT2D eigenvalue weighted by Crippen LogP contribution is 2.29. The Morgan fingerprint density at radius 1 is 1.24 bits per heavy atom. The van der Waals surface area contributed by atoms with Crippen molar-refractivity contribution in [2.24, 2.45) is 5.92 Å². The summed E-state index contributed by atoms with van der Waals surface area (Å²) in [7, 11) is 0. The normalized spacial score (nSPS) is 24.0. The summed E-state index contributed by atoms with van der Waals surface area (Å²) in [5, 5.41) is 5.83. The van der Waals surface area contributed by atoms with Crippen LogP contribution in [0.5, 0.6) is 0 Å². The SMILES string of the molecule is O=C(NC[C@H]1CCN(CC(F)(F)F)C1)N[C@H]1CCCc2ccccc21. The van der Waals surface area contributed by atoms with Crippen LogP contribution in [0, 0.1) is 5.92 Å². The van der Waals surface area contributed by atoms with Gasteiger partial charge in [0.05, 0.1) is 12.6 Å². The van der Waals surface area contributed by atoms with Crippen molar-refractivity contribution in [1.29, 1.82) is 0 Å². The largest absolute Gasteiger partial charge is 0.401 e. The number of nitrogens with one attached hydrogen (secondary N) is 2. The molecule has 0 saturated carbocycles. The highest BCUT2D eigenvalue weighted by Gasteiger charge is 2.34. The number of halogens is 3. The minimum absolute atomic E-state index is 0.00950. The van der Waals surface area contributed by atoms with Crippen molar-refractivity contribution < 1.29 is 18.0 Å². The summed E-state index contributed by atoms with van der Waals surface area (Å²) in [6.07, 6.45) is -0.492. The van der Waals surface area contributed by atoms with Crippen LogP contribution >= 0.6 is 0 Å². The number of hydrogen-bond acceptors (Lipinski definition) is 2. The molecular weight excluding hydrogens is 331 g/mol. The molecule has 3 rings (SSSR count). The molecule has 1 heterocycles. The molecule has 1 saturated heterocycles. The summed E-state index contributed by atoms with van der Waals surface area (Å²) in [5.41, 5.74) is 2.44. The van der Waals surface area contributed by atoms with E-state index in [4.69, 9.17) is 0 Å². The fourth-order valence-corrected chi connectivity index (χ4v) is 3.83. The zero-order chi connectivity index (χ0) is 17.9. The van der Waals surface area contributed by atoms with Crippen molar-refractivity contribution in [3.8, 4) is 0 Å². The Kier molecular flexibility index (Phi) is 5.51. The predicted molar refractivity (Wildman–Crippen MR) is 89.3 cm³/mol. The van der Waals surface area contributed by atoms with Gasteiger partial charge in [-0.25, -0.2) is 4.79 Å². The van der Waals surface area contributed by atoms with E-state index < -0.39 is 12.7 Å². The lowest BCUT2D eigenvalue weighted by Gasteiger charge is -2.26. The average molecular weight is 355 g/mol. The van der Waals surface area contributed by atoms with E-state index in [0.717, 1.165) is 19.3 Å². The van der Waals surface area contributed by atoms with Gasteiger partial charge in [0.25, 0.3) is 0 Å². The second-order valence-electron chi connectivity index (χ2n) is 7.00. The third-order valence-electron chi connectivity index (χ3n) is 5.00. The van der Waals surface area contributed by atoms with Gasteiger partial charge in [-0.1, -0.05) is 24.3 Å². The quantitative estimate of drug-likeness (QED) is 0.871. The number of carbonyl (C=O) groups excluding carboxylic acids is 1. The van der Waals surface area contributed by atoms with Gasteiger partial charge < -0.3 is 10.6 Å². The third-order valence-corrected chi connectivity index (χ3v) is 5.00. The van der Waals surface area contributed by atoms with Crippen LogP contribution in [0.15, 0.2) is 24.3 Å². The standard InChI is InChI=1S/C18H24F3N3O/c19-18(20,21)12-24-9-8-13(11-24)10-22-17(25)23-16-7-3-5-14-4-1-2-6-15(14)16/h1-2,4,6,13,16H,3,5,7-12H2,(H2,22,23,25)/t13-,16+/m1/s1. The molecule has 0 radical (unpaired) electrons. The van der Waals surface area contributed by atoms with Crippen LogP contribution < -0.4 is 10.6 Å². The molecule has 7 heteroatoms. The van der Waals surface area contributed by atoms with Crippen LogP contribution in [0.1, 0.15) is 36.4 Å². The lowest BCUT2D eigenvalue weighted by molar-refractivity contribution is -0.143. The molecule has 138 valence electrons. The van der Waals surface area contributed by atoms with Crippen molar-refractivity contribution in [3.63, 3.8) is 0 Å². The Morgan fingerprint density at radius 2 is 2.04 bits per heavy atom. The van der Waals surface area contributed by atoms with E-state index in [9.17, 15) is 18.0 Å². The van der Waals surface area contributed by atoms with Gasteiger partial charge in [-0.15, -0.1) is 0 Å². The first kappa shape index (κ1) is 18.0. The van der Waals surface area contributed by atoms with Gasteiger partial charge in [0, 0.05) is 13.1 Å². The van der Waals surface area contributed by atoms with Crippen LogP contribution in [-0.4, -0.2) is 43.3 Å². The van der Waals surface area contributed by atoms with Crippen molar-refractivity contribution in [1.82, 2.24) is 15.5 Å². The topological polar surface area (TPSA) is 44.4 Å². The summed E-state index contributed by atoms with van der Waals surface area (Å²) in [6.45, 7) is 0.360. The van der Waals surface area contributed by atoms with Crippen LogP contribution in [0.2, 0.25) is 0 Å². The van der Waals surface area contributed by atoms with Crippen molar-refractivity contribution in [2.75, 3.05) is 26.2 Å². The Balaban J connectivity index is 1.44. The van der Waals surface area contributed by atoms with Gasteiger partial charge in [-0.2, -0.15) is 13.2 Å². The molecule has 2 amide bonds. The molecule has 2 aliphatic rings. The molecule has 2 N–H and O–H groups in total. The molecule has 2 atom stereocenters. The first-order valence-corrected chi connectivity index (χ1v) is 8.82. The van der Waals surface area contributed by atoms with Crippen molar-refractivity contribution >= 4 is 6.03 Å². The molecule has 4 nitrogen and oxygen atoms in total. The second-order valence-corrected chi connectivity index (χ2v) is 7.00. The summed E-state index contributed by atoms with van der Waals surface area (Å²) in [6, 6.07) is 7.89. The number of aryl methyl sites for hydroxylation is 1. The minimum atomic E-state index is -4.16. The van der Waals surface area contributed by atoms with Gasteiger partial charge in [-0.3, -0.25) is 4.90 Å². The molecule has 1 fully saturated rings. The maximum Gasteiger partial charge on any atom is 0.401 e. The van der Waals surface area contributed by atoms with E-state index in [0.29, 0.717) is 26.1 Å². The number of benzene rings is 1. The van der Waals surface area contributed by atoms with Gasteiger partial charge in [0.1, 0.15) is 0 Å². The van der Waals surface area contributed by atoms with Crippen LogP contribution in [0.4, 0.5) is 18.0 Å². The highest BCUT2D eigenvalue weighted by atomic mass is 19.4. The van der Waals surface area contributed by atoms with E-state index in [1.54, 1.807) is 0 Å². The minimum Gasteiger partial charge on any atom is -0.338 e. The number of urea groups is 1. The molecule has 0 bridgehead atoms. The third kappa shape index (κ3) is 5.11. The lowest BCUT2D eigenvalue weighted by atomic mass is 9.88. The number of likely N-dealkylation sites (tertiary alicyclic amines) is 1. The first-order valence-electron chi connectivity index (χ1n) is 8.82. The Hall–Kier alpha value is -1.76. The second kappa shape index (κ2) is 7.64. The van der Waals surface area contributed by atoms with Crippen LogP contribution in [-0.2, 0) is 6.42 Å². The maximum absolute atomic E-state index is 12.4. The number of rotatable bonds is 4. The number of nitrogens with zero attached hydrogens (tertiary/aromatic N) is 1. The molecule has 1 aliphatic carbocycles. The molecular formula is C18H24F3N3O. The van der Waals surface area contributed by atoms with Gasteiger partial charge in [-0.05, 0) is 49.3 Å². The fourth-order valence-electron chi connectivity index (χ4n) is 3.83. The Morgan fingerprint density at radius 3 is 2.84 bits per heavy atom. The molecule has 0 spiro atoms. The summed E-state index contributed by atoms with van der Waals surface area (Å²) in [4.78, 5) is 13.6. The number of alkyl halides is 3. The maximum atomic E-state index is 12.4. The monoisotopic (exact) mass is 355 g/mol. The smallest absolute Gasteiger partial charge is 0.338 e. The van der Waals surface area contributed by atoms with Crippen molar-refractivity contribution in [2.45, 2.75) is 37.9 Å². The molecule has 1 aliphatic heterocycles. The van der Waals surface area contributed by atoms with E-state index in [1.807, 2.05) is 18.2 Å². The Labute approximate surface area is 145 Å². The number of fused-ring (bicyclic) bond motifs is 1. The van der Waals surface area contributed by atoms with Gasteiger partial charge in [0.15, 0.2) is 0 Å². The predicted octanol–water partition coefficient (Wildman–Crippen LogP) is 3.25. The molecule has 1 aromatic rings. The first-order chi connectivity index (χ1) is 11.9. The fraction of sp³-hybridized carbons (Fsp3) is 0.611. The number of amides is 2. The van der Waals surface area contributed by atoms with Gasteiger partial charge >= 0.3 is 12.2 Å². The van der Waals surface area contributed by atoms with E-state index in [2.05, 4.69) is 16.7 Å². The molecule has 0 aromatic heterocycles. The summed E-state index contributed by atoms with van der Waals surface area (Å²) >= 11 is 0. The van der Waals surface area contributed by atoms with Crippen LogP contribution in [0.25, 0.3) is 0 Å². The zero-order valence-electron chi connectivity index (χ0n) is 14.1. The highest BCUT2D eigenvalue weighted by molar-refractivity contribution is 5.74. The summed E-state index contributed by atoms with van der Waals surface area (Å²) in [5.74, 6) is 0.0757.